The number of ether oxygens (including phenoxy) is 11. The van der Waals surface area contributed by atoms with Crippen LogP contribution in [0.3, 0.4) is 0 Å². The van der Waals surface area contributed by atoms with E-state index in [-0.39, 0.29) is 72.6 Å². The maximum absolute atomic E-state index is 13.8. The van der Waals surface area contributed by atoms with E-state index >= 15 is 0 Å². The zero-order valence-electron chi connectivity index (χ0n) is 46.0. The van der Waals surface area contributed by atoms with E-state index in [1.807, 2.05) is 52.8 Å². The molecule has 0 radical (unpaired) electrons. The maximum Gasteiger partial charge on any atom is 0.342 e. The number of ketones is 1. The summed E-state index contributed by atoms with van der Waals surface area (Å²) in [5.74, 6) is -4.36. The van der Waals surface area contributed by atoms with Crippen LogP contribution in [0.15, 0.2) is 91.1 Å². The number of phenols is 1. The number of methoxy groups -OCH3 is 1. The molecule has 0 amide bonds. The van der Waals surface area contributed by atoms with Gasteiger partial charge in [0.05, 0.1) is 31.0 Å². The fraction of sp³-hybridized carbons (Fsp3) is 0.492. The van der Waals surface area contributed by atoms with Gasteiger partial charge in [-0.05, 0) is 102 Å². The molecule has 5 unspecified atom stereocenters. The molecule has 79 heavy (non-hydrogen) atoms. The first-order valence-corrected chi connectivity index (χ1v) is 26.1. The monoisotopic (exact) mass is 1100 g/mol. The minimum Gasteiger partial charge on any atom is -0.507 e. The topological polar surface area (TPSA) is 271 Å². The first-order valence-electron chi connectivity index (χ1n) is 26.1. The lowest BCUT2D eigenvalue weighted by molar-refractivity contribution is -0.152. The third-order valence-electron chi connectivity index (χ3n) is 13.2. The lowest BCUT2D eigenvalue weighted by atomic mass is 9.98. The molecule has 7 rings (SSSR count). The number of benzene rings is 3. The molecule has 3 aromatic rings. The maximum atomic E-state index is 13.8. The summed E-state index contributed by atoms with van der Waals surface area (Å²) in [6.45, 7) is 14.2. The van der Waals surface area contributed by atoms with E-state index in [2.05, 4.69) is 0 Å². The summed E-state index contributed by atoms with van der Waals surface area (Å²) in [6.07, 6.45) is 5.62. The number of cyclic esters (lactones) is 2. The van der Waals surface area contributed by atoms with Crippen LogP contribution in [0.2, 0.25) is 0 Å². The van der Waals surface area contributed by atoms with E-state index in [1.54, 1.807) is 69.3 Å². The fourth-order valence-electron chi connectivity index (χ4n) is 8.52. The van der Waals surface area contributed by atoms with Gasteiger partial charge in [0.15, 0.2) is 24.2 Å². The number of fused-ring (bicyclic) bond motifs is 3. The normalized spacial score (nSPS) is 28.9. The Kier molecular flexibility index (Phi) is 22.0. The Morgan fingerprint density at radius 3 is 2.03 bits per heavy atom. The van der Waals surface area contributed by atoms with Crippen LogP contribution < -0.4 is 14.2 Å². The number of esters is 3. The van der Waals surface area contributed by atoms with Gasteiger partial charge in [-0.2, -0.15) is 0 Å². The van der Waals surface area contributed by atoms with Gasteiger partial charge >= 0.3 is 17.9 Å². The second kappa shape index (κ2) is 28.1. The first kappa shape index (κ1) is 61.7. The highest BCUT2D eigenvalue weighted by Gasteiger charge is 2.46. The minimum atomic E-state index is -1.61. The summed E-state index contributed by atoms with van der Waals surface area (Å²) in [5.41, 5.74) is 1.25. The van der Waals surface area contributed by atoms with Crippen molar-refractivity contribution in [1.29, 1.82) is 0 Å². The van der Waals surface area contributed by atoms with Crippen molar-refractivity contribution in [3.8, 4) is 23.0 Å². The van der Waals surface area contributed by atoms with Crippen LogP contribution in [0, 0.1) is 11.8 Å². The Balaban J connectivity index is 0.000000281. The molecule has 430 valence electrons. The largest absolute Gasteiger partial charge is 0.507 e. The Morgan fingerprint density at radius 2 is 1.38 bits per heavy atom. The van der Waals surface area contributed by atoms with Crippen LogP contribution >= 0.6 is 0 Å². The number of aromatic hydroxyl groups is 1. The van der Waals surface area contributed by atoms with E-state index in [0.29, 0.717) is 29.9 Å². The number of carbonyl (C=O) groups is 4. The number of hydrogen-bond acceptors (Lipinski definition) is 20. The second-order valence-electron chi connectivity index (χ2n) is 20.5. The van der Waals surface area contributed by atoms with E-state index < -0.39 is 96.5 Å². The van der Waals surface area contributed by atoms with Gasteiger partial charge in [-0.1, -0.05) is 68.5 Å². The summed E-state index contributed by atoms with van der Waals surface area (Å²) in [7, 11) is 1.50. The molecule has 4 heterocycles. The van der Waals surface area contributed by atoms with Crippen molar-refractivity contribution >= 4 is 35.8 Å². The van der Waals surface area contributed by atoms with Crippen molar-refractivity contribution in [3.05, 3.63) is 119 Å². The average molecular weight is 1100 g/mol. The van der Waals surface area contributed by atoms with Gasteiger partial charge in [-0.15, -0.1) is 0 Å². The van der Waals surface area contributed by atoms with Crippen molar-refractivity contribution in [1.82, 2.24) is 0 Å². The molecule has 20 heteroatoms. The third kappa shape index (κ3) is 17.5. The van der Waals surface area contributed by atoms with Crippen LogP contribution in [0.25, 0.3) is 12.2 Å². The number of phenolic OH excluding ortho intramolecular Hbond substituents is 1. The lowest BCUT2D eigenvalue weighted by Gasteiger charge is -2.26. The molecule has 0 spiro atoms. The summed E-state index contributed by atoms with van der Waals surface area (Å²) in [6, 6.07) is 14.8. The molecular formula is C59H74O20. The Labute approximate surface area is 460 Å². The van der Waals surface area contributed by atoms with Gasteiger partial charge < -0.3 is 77.6 Å². The molecule has 20 nitrogen and oxygen atoms in total. The predicted molar refractivity (Wildman–Crippen MR) is 286 cm³/mol. The quantitative estimate of drug-likeness (QED) is 0.0548. The zero-order chi connectivity index (χ0) is 57.6. The number of aliphatic hydroxyl groups excluding tert-OH is 4. The zero-order valence-corrected chi connectivity index (χ0v) is 46.0. The van der Waals surface area contributed by atoms with E-state index in [4.69, 9.17) is 57.2 Å². The molecule has 0 saturated carbocycles. The van der Waals surface area contributed by atoms with Crippen molar-refractivity contribution < 1.29 is 96.8 Å². The van der Waals surface area contributed by atoms with Crippen LogP contribution in [-0.2, 0) is 42.7 Å². The van der Waals surface area contributed by atoms with Crippen LogP contribution in [0.1, 0.15) is 110 Å². The number of rotatable bonds is 12. The second-order valence-corrected chi connectivity index (χ2v) is 20.5. The molecule has 2 fully saturated rings. The van der Waals surface area contributed by atoms with Gasteiger partial charge in [0.1, 0.15) is 90.1 Å². The molecular weight excluding hydrogens is 1030 g/mol. The Morgan fingerprint density at radius 1 is 0.747 bits per heavy atom. The smallest absolute Gasteiger partial charge is 0.342 e. The van der Waals surface area contributed by atoms with Crippen LogP contribution in [0.5, 0.6) is 23.0 Å². The molecule has 0 aliphatic carbocycles. The van der Waals surface area contributed by atoms with E-state index in [0.717, 1.165) is 6.08 Å². The van der Waals surface area contributed by atoms with Crippen LogP contribution in [0.4, 0.5) is 0 Å². The molecule has 11 atom stereocenters. The van der Waals surface area contributed by atoms with Gasteiger partial charge in [-0.3, -0.25) is 4.79 Å². The van der Waals surface area contributed by atoms with Crippen molar-refractivity contribution in [2.24, 2.45) is 11.8 Å². The molecule has 2 saturated heterocycles. The van der Waals surface area contributed by atoms with Crippen molar-refractivity contribution in [2.75, 3.05) is 40.3 Å². The molecule has 3 aromatic carbocycles. The highest BCUT2D eigenvalue weighted by atomic mass is 16.8. The van der Waals surface area contributed by atoms with E-state index in [1.165, 1.54) is 37.5 Å². The summed E-state index contributed by atoms with van der Waals surface area (Å²) < 4.78 is 64.2. The summed E-state index contributed by atoms with van der Waals surface area (Å²) >= 11 is 0. The average Bonchev–Trinajstić information content (AvgIpc) is 4.02. The Hall–Kier alpha value is -6.46. The number of hydrogen-bond donors (Lipinski definition) is 5. The van der Waals surface area contributed by atoms with Crippen molar-refractivity contribution in [2.45, 2.75) is 135 Å². The highest BCUT2D eigenvalue weighted by molar-refractivity contribution is 5.98. The minimum absolute atomic E-state index is 0.0948. The van der Waals surface area contributed by atoms with E-state index in [9.17, 15) is 39.6 Å². The molecule has 5 N–H and O–H groups in total. The van der Waals surface area contributed by atoms with Crippen molar-refractivity contribution in [3.63, 3.8) is 0 Å². The fourth-order valence-corrected chi connectivity index (χ4v) is 8.52. The standard InChI is InChI=1S/C37H46O11.C22H28O9/c1-23-16-17-29(45-34(38)25-12-9-8-10-13-25)33-30(47-37(5,6)48-33)15-11-14-26-18-27(41-20-28-21-43-36(3,4)46-28)19-31(42-22-40-7)32(26)35(39)44-24(23)2;1-12-6-7-18(26)21(28)17(25)5-3-4-14-8-16(30-11-15(24)10-23)9-19(27)20(14)22(29)31-13(12)2/h8-14,16-19,23-24,28-30,33H,15,20-22H2,1-7H3;3-4,6-9,12-13,15,17,21,23-25,27-28H,5,10-11H2,1-2H3/b14-11+,17-16-;4-3+,7-6-/t23-,24+,28?,29?,30+,33?;12-,13+,15?,17+,21?/m11/s1. The first-order chi connectivity index (χ1) is 37.5. The van der Waals surface area contributed by atoms with Crippen LogP contribution in [-0.4, -0.2) is 156 Å². The number of carbonyl (C=O) groups excluding carboxylic acids is 4. The lowest BCUT2D eigenvalue weighted by Crippen LogP contribution is -2.37. The predicted octanol–water partition coefficient (Wildman–Crippen LogP) is 6.67. The molecule has 0 bridgehead atoms. The summed E-state index contributed by atoms with van der Waals surface area (Å²) in [5, 5.41) is 48.9. The SMILES string of the molecule is COCOc1cc(OCC2COC(C)(C)O2)cc2c1C(=O)O[C@@H](C)[C@H](C)/C=C\C(OC(=O)c1ccccc1)C1OC(C)(C)O[C@H]1C/C=C/2.C[C@@H]1/C=C\C(=O)C(O)[C@@H](O)C/C=C/c2cc(OCC(O)CO)cc(O)c2C(=O)O[C@H]1C. The third-order valence-corrected chi connectivity index (χ3v) is 13.2. The number of aliphatic hydroxyl groups is 4. The van der Waals surface area contributed by atoms with Gasteiger partial charge in [0, 0.05) is 31.1 Å². The molecule has 0 aromatic heterocycles. The van der Waals surface area contributed by atoms with Gasteiger partial charge in [0.2, 0.25) is 0 Å². The highest BCUT2D eigenvalue weighted by Crippen LogP contribution is 2.37. The van der Waals surface area contributed by atoms with Gasteiger partial charge in [-0.25, -0.2) is 14.4 Å². The molecule has 4 aliphatic heterocycles. The van der Waals surface area contributed by atoms with Gasteiger partial charge in [0.25, 0.3) is 0 Å². The Bertz CT molecular complexity index is 2680. The molecule has 4 aliphatic rings. The summed E-state index contributed by atoms with van der Waals surface area (Å²) in [4.78, 5) is 51.8.